The van der Waals surface area contributed by atoms with Crippen molar-refractivity contribution in [3.05, 3.63) is 34.6 Å². The Labute approximate surface area is 236 Å². The number of hydrogen-bond donors (Lipinski definition) is 1. The molecule has 1 fully saturated rings. The average Bonchev–Trinajstić information content (AvgIpc) is 3.17. The van der Waals surface area contributed by atoms with Crippen LogP contribution in [0.3, 0.4) is 0 Å². The second kappa shape index (κ2) is 10.8. The minimum absolute atomic E-state index is 0.0235. The Balaban J connectivity index is 1.53. The third-order valence-corrected chi connectivity index (χ3v) is 11.8. The van der Waals surface area contributed by atoms with Gasteiger partial charge in [-0.25, -0.2) is 4.18 Å². The Morgan fingerprint density at radius 1 is 1.10 bits per heavy atom. The molecular formula is C32H50O6S. The number of carbonyl (C=O) groups excluding carboxylic acids is 1. The third kappa shape index (κ3) is 5.70. The number of carbonyl (C=O) groups is 1. The lowest BCUT2D eigenvalue weighted by Gasteiger charge is -2.59. The number of rotatable bonds is 8. The minimum Gasteiger partial charge on any atom is -0.435 e. The van der Waals surface area contributed by atoms with E-state index < -0.39 is 16.5 Å². The summed E-state index contributed by atoms with van der Waals surface area (Å²) < 4.78 is 43.0. The Hall–Kier alpha value is -1.44. The van der Waals surface area contributed by atoms with Crippen LogP contribution in [0.5, 0.6) is 0 Å². The molecule has 0 aliphatic heterocycles. The van der Waals surface area contributed by atoms with Crippen molar-refractivity contribution in [1.29, 1.82) is 0 Å². The summed E-state index contributed by atoms with van der Waals surface area (Å²) in [5.41, 5.74) is 5.81. The fraction of sp³-hybridized carbons (Fsp3) is 0.781. The van der Waals surface area contributed by atoms with Gasteiger partial charge in [-0.15, -0.1) is 0 Å². The number of esters is 1. The van der Waals surface area contributed by atoms with Crippen LogP contribution >= 0.6 is 0 Å². The van der Waals surface area contributed by atoms with Crippen LogP contribution in [0.4, 0.5) is 0 Å². The van der Waals surface area contributed by atoms with Crippen LogP contribution in [0.25, 0.3) is 0 Å². The van der Waals surface area contributed by atoms with Crippen molar-refractivity contribution in [3.8, 4) is 0 Å². The van der Waals surface area contributed by atoms with Crippen LogP contribution in [0.1, 0.15) is 113 Å². The molecule has 0 heterocycles. The van der Waals surface area contributed by atoms with Crippen molar-refractivity contribution in [2.45, 2.75) is 119 Å². The van der Waals surface area contributed by atoms with Crippen LogP contribution < -0.4 is 0 Å². The van der Waals surface area contributed by atoms with Crippen molar-refractivity contribution in [1.82, 2.24) is 0 Å². The first-order chi connectivity index (χ1) is 18.0. The SMILES string of the molecule is CC(=O)OC=C(CC[C@@H](C)[C@H]1CC=C2C3=C(CC[C@@]21C)[C@@]1(C)CC[C@H](OS(=O)(=O)O)C(C)(C)C1CC3)C(C)C. The highest BCUT2D eigenvalue weighted by Crippen LogP contribution is 2.67. The molecule has 4 aliphatic rings. The molecule has 4 rings (SSSR count). The van der Waals surface area contributed by atoms with Gasteiger partial charge in [0, 0.05) is 6.92 Å². The minimum atomic E-state index is -4.48. The van der Waals surface area contributed by atoms with E-state index in [1.165, 1.54) is 12.5 Å². The zero-order chi connectivity index (χ0) is 29.0. The van der Waals surface area contributed by atoms with E-state index in [1.807, 2.05) is 0 Å². The number of hydrogen-bond acceptors (Lipinski definition) is 5. The maximum absolute atomic E-state index is 11.6. The van der Waals surface area contributed by atoms with E-state index in [-0.39, 0.29) is 22.2 Å². The molecule has 1 unspecified atom stereocenters. The highest BCUT2D eigenvalue weighted by Gasteiger charge is 2.58. The quantitative estimate of drug-likeness (QED) is 0.183. The second-order valence-electron chi connectivity index (χ2n) is 14.2. The molecule has 0 aromatic heterocycles. The molecular weight excluding hydrogens is 512 g/mol. The molecule has 0 amide bonds. The van der Waals surface area contributed by atoms with Crippen LogP contribution in [0.2, 0.25) is 0 Å². The van der Waals surface area contributed by atoms with E-state index in [1.54, 1.807) is 23.0 Å². The highest BCUT2D eigenvalue weighted by molar-refractivity contribution is 7.80. The van der Waals surface area contributed by atoms with Gasteiger partial charge < -0.3 is 4.74 Å². The molecule has 0 bridgehead atoms. The second-order valence-corrected chi connectivity index (χ2v) is 15.2. The van der Waals surface area contributed by atoms with Crippen molar-refractivity contribution in [2.75, 3.05) is 0 Å². The standard InChI is InChI=1S/C32H50O6S/c1-20(2)23(19-37-22(4)33)10-9-21(3)25-12-13-26-24-11-14-28-30(5,6)29(38-39(34,35)36)16-18-32(28,8)27(24)15-17-31(25,26)7/h13,19-21,25,28-29H,9-12,14-18H2,1-8H3,(H,34,35,36)/t21-,25-,28?,29+,31-,32-/m1/s1. The molecule has 0 aromatic carbocycles. The van der Waals surface area contributed by atoms with Crippen LogP contribution in [0.15, 0.2) is 34.6 Å². The van der Waals surface area contributed by atoms with Crippen molar-refractivity contribution in [3.63, 3.8) is 0 Å². The third-order valence-electron chi connectivity index (χ3n) is 11.3. The van der Waals surface area contributed by atoms with E-state index in [4.69, 9.17) is 8.92 Å². The van der Waals surface area contributed by atoms with Gasteiger partial charge in [0.25, 0.3) is 0 Å². The van der Waals surface area contributed by atoms with Gasteiger partial charge in [-0.2, -0.15) is 8.42 Å². The first kappa shape index (κ1) is 30.5. The summed E-state index contributed by atoms with van der Waals surface area (Å²) in [7, 11) is -4.48. The van der Waals surface area contributed by atoms with Crippen molar-refractivity contribution >= 4 is 16.4 Å². The van der Waals surface area contributed by atoms with Crippen LogP contribution in [-0.4, -0.2) is 25.0 Å². The molecule has 220 valence electrons. The molecule has 0 aromatic rings. The van der Waals surface area contributed by atoms with Gasteiger partial charge in [0.15, 0.2) is 0 Å². The van der Waals surface area contributed by atoms with Gasteiger partial charge in [0.2, 0.25) is 0 Å². The summed E-state index contributed by atoms with van der Waals surface area (Å²) >= 11 is 0. The van der Waals surface area contributed by atoms with Gasteiger partial charge in [0.1, 0.15) is 0 Å². The molecule has 0 spiro atoms. The summed E-state index contributed by atoms with van der Waals surface area (Å²) in [5.74, 6) is 1.55. The van der Waals surface area contributed by atoms with E-state index >= 15 is 0 Å². The molecule has 6 atom stereocenters. The summed E-state index contributed by atoms with van der Waals surface area (Å²) in [6.07, 6.45) is 12.7. The first-order valence-corrected chi connectivity index (χ1v) is 16.3. The number of fused-ring (bicyclic) bond motifs is 4. The highest BCUT2D eigenvalue weighted by atomic mass is 32.3. The fourth-order valence-electron chi connectivity index (χ4n) is 9.12. The summed E-state index contributed by atoms with van der Waals surface area (Å²) in [6, 6.07) is 0. The predicted octanol–water partition coefficient (Wildman–Crippen LogP) is 7.97. The van der Waals surface area contributed by atoms with E-state index in [9.17, 15) is 17.8 Å². The smallest absolute Gasteiger partial charge is 0.397 e. The Morgan fingerprint density at radius 3 is 2.41 bits per heavy atom. The van der Waals surface area contributed by atoms with Gasteiger partial charge >= 0.3 is 16.4 Å². The summed E-state index contributed by atoms with van der Waals surface area (Å²) in [4.78, 5) is 11.3. The maximum atomic E-state index is 11.6. The lowest BCUT2D eigenvalue weighted by molar-refractivity contribution is -0.135. The topological polar surface area (TPSA) is 89.9 Å². The largest absolute Gasteiger partial charge is 0.435 e. The fourth-order valence-corrected chi connectivity index (χ4v) is 9.76. The van der Waals surface area contributed by atoms with Gasteiger partial charge in [-0.05, 0) is 114 Å². The lowest BCUT2D eigenvalue weighted by atomic mass is 9.46. The number of ether oxygens (including phenoxy) is 1. The monoisotopic (exact) mass is 562 g/mol. The molecule has 1 N–H and O–H groups in total. The molecule has 6 nitrogen and oxygen atoms in total. The maximum Gasteiger partial charge on any atom is 0.397 e. The molecule has 0 saturated heterocycles. The zero-order valence-electron chi connectivity index (χ0n) is 25.3. The predicted molar refractivity (Wildman–Crippen MR) is 154 cm³/mol. The first-order valence-electron chi connectivity index (χ1n) is 15.0. The van der Waals surface area contributed by atoms with Gasteiger partial charge in [-0.3, -0.25) is 9.35 Å². The molecule has 7 heteroatoms. The van der Waals surface area contributed by atoms with E-state index in [0.29, 0.717) is 30.1 Å². The Morgan fingerprint density at radius 2 is 1.79 bits per heavy atom. The summed E-state index contributed by atoms with van der Waals surface area (Å²) in [5, 5.41) is 0. The Kier molecular flexibility index (Phi) is 8.42. The van der Waals surface area contributed by atoms with Gasteiger partial charge in [0.05, 0.1) is 12.4 Å². The lowest BCUT2D eigenvalue weighted by Crippen LogP contribution is -2.54. The molecule has 0 radical (unpaired) electrons. The zero-order valence-corrected chi connectivity index (χ0v) is 26.1. The van der Waals surface area contributed by atoms with Crippen LogP contribution in [-0.2, 0) is 24.1 Å². The van der Waals surface area contributed by atoms with E-state index in [2.05, 4.69) is 54.5 Å². The summed E-state index contributed by atoms with van der Waals surface area (Å²) in [6.45, 7) is 17.3. The molecule has 4 aliphatic carbocycles. The number of allylic oxidation sites excluding steroid dienone is 5. The van der Waals surface area contributed by atoms with Gasteiger partial charge in [-0.1, -0.05) is 60.1 Å². The average molecular weight is 563 g/mol. The molecule has 1 saturated carbocycles. The van der Waals surface area contributed by atoms with Crippen molar-refractivity contribution < 1.29 is 26.7 Å². The van der Waals surface area contributed by atoms with E-state index in [0.717, 1.165) is 51.4 Å². The molecule has 39 heavy (non-hydrogen) atoms. The normalized spacial score (nSPS) is 35.2. The van der Waals surface area contributed by atoms with Crippen molar-refractivity contribution in [2.24, 2.45) is 39.9 Å². The Bertz CT molecular complexity index is 1170. The van der Waals surface area contributed by atoms with Crippen LogP contribution in [0, 0.1) is 39.9 Å².